The van der Waals surface area contributed by atoms with E-state index in [9.17, 15) is 14.9 Å². The first kappa shape index (κ1) is 15.2. The number of hydrogen-bond donors (Lipinski definition) is 2. The Balaban J connectivity index is 1.54. The van der Waals surface area contributed by atoms with Crippen LogP contribution in [-0.2, 0) is 13.0 Å². The highest BCUT2D eigenvalue weighted by atomic mass is 16.6. The van der Waals surface area contributed by atoms with E-state index in [0.717, 1.165) is 22.9 Å². The van der Waals surface area contributed by atoms with Crippen molar-refractivity contribution in [1.29, 1.82) is 0 Å². The van der Waals surface area contributed by atoms with E-state index in [1.165, 1.54) is 17.8 Å². The third-order valence-electron chi connectivity index (χ3n) is 4.48. The van der Waals surface area contributed by atoms with E-state index in [1.54, 1.807) is 17.0 Å². The summed E-state index contributed by atoms with van der Waals surface area (Å²) in [5.41, 5.74) is 3.75. The van der Waals surface area contributed by atoms with Crippen molar-refractivity contribution in [3.63, 3.8) is 0 Å². The average Bonchev–Trinajstić information content (AvgIpc) is 2.99. The summed E-state index contributed by atoms with van der Waals surface area (Å²) in [7, 11) is 0. The molecule has 0 atom stereocenters. The number of nitro benzene ring substituents is 1. The fourth-order valence-corrected chi connectivity index (χ4v) is 3.24. The molecule has 1 aromatic heterocycles. The van der Waals surface area contributed by atoms with Crippen molar-refractivity contribution in [2.45, 2.75) is 13.0 Å². The van der Waals surface area contributed by atoms with Crippen molar-refractivity contribution < 1.29 is 9.72 Å². The average molecular weight is 336 g/mol. The quantitative estimate of drug-likeness (QED) is 0.552. The highest BCUT2D eigenvalue weighted by molar-refractivity contribution is 5.91. The van der Waals surface area contributed by atoms with E-state index in [0.29, 0.717) is 18.8 Å². The summed E-state index contributed by atoms with van der Waals surface area (Å²) in [5, 5.41) is 14.7. The maximum absolute atomic E-state index is 12.6. The first-order chi connectivity index (χ1) is 12.1. The Labute approximate surface area is 143 Å². The van der Waals surface area contributed by atoms with Crippen LogP contribution in [0, 0.1) is 10.1 Å². The summed E-state index contributed by atoms with van der Waals surface area (Å²) in [4.78, 5) is 28.1. The molecule has 3 aromatic rings. The van der Waals surface area contributed by atoms with Crippen LogP contribution in [0.25, 0.3) is 10.9 Å². The zero-order valence-corrected chi connectivity index (χ0v) is 13.4. The number of carbonyl (C=O) groups is 1. The summed E-state index contributed by atoms with van der Waals surface area (Å²) >= 11 is 0. The number of aromatic nitrogens is 1. The third kappa shape index (κ3) is 2.80. The van der Waals surface area contributed by atoms with Gasteiger partial charge < -0.3 is 15.2 Å². The molecule has 0 unspecified atom stereocenters. The van der Waals surface area contributed by atoms with Gasteiger partial charge >= 0.3 is 6.03 Å². The van der Waals surface area contributed by atoms with Gasteiger partial charge in [-0.15, -0.1) is 0 Å². The van der Waals surface area contributed by atoms with Crippen LogP contribution < -0.4 is 5.32 Å². The number of H-pyrrole nitrogens is 1. The normalized spacial score (nSPS) is 13.5. The molecule has 2 heterocycles. The third-order valence-corrected chi connectivity index (χ3v) is 4.48. The van der Waals surface area contributed by atoms with Crippen molar-refractivity contribution in [2.75, 3.05) is 11.9 Å². The SMILES string of the molecule is O=C(Nc1cccc([N+](=O)[O-])c1)N1CCc2[nH]c3ccccc3c2C1. The number of nitrogens with zero attached hydrogens (tertiary/aromatic N) is 2. The van der Waals surface area contributed by atoms with Gasteiger partial charge in [0.1, 0.15) is 0 Å². The first-order valence-electron chi connectivity index (χ1n) is 8.00. The Morgan fingerprint density at radius 3 is 2.88 bits per heavy atom. The summed E-state index contributed by atoms with van der Waals surface area (Å²) in [6.45, 7) is 1.11. The largest absolute Gasteiger partial charge is 0.358 e. The number of carbonyl (C=O) groups excluding carboxylic acids is 1. The number of non-ortho nitro benzene ring substituents is 1. The summed E-state index contributed by atoms with van der Waals surface area (Å²) in [6, 6.07) is 13.8. The second kappa shape index (κ2) is 5.94. The zero-order chi connectivity index (χ0) is 17.4. The van der Waals surface area contributed by atoms with Gasteiger partial charge in [-0.1, -0.05) is 24.3 Å². The standard InChI is InChI=1S/C18H16N4O3/c23-18(19-12-4-3-5-13(10-12)22(24)25)21-9-8-17-15(11-21)14-6-1-2-7-16(14)20-17/h1-7,10,20H,8-9,11H2,(H,19,23). The molecule has 0 fully saturated rings. The Kier molecular flexibility index (Phi) is 3.61. The van der Waals surface area contributed by atoms with Crippen LogP contribution in [0.1, 0.15) is 11.3 Å². The predicted molar refractivity (Wildman–Crippen MR) is 94.5 cm³/mol. The lowest BCUT2D eigenvalue weighted by atomic mass is 10.0. The molecule has 2 amide bonds. The van der Waals surface area contributed by atoms with Crippen LogP contribution in [0.2, 0.25) is 0 Å². The lowest BCUT2D eigenvalue weighted by molar-refractivity contribution is -0.384. The van der Waals surface area contributed by atoms with Crippen LogP contribution in [0.3, 0.4) is 0 Å². The number of para-hydroxylation sites is 1. The van der Waals surface area contributed by atoms with Gasteiger partial charge in [0.2, 0.25) is 0 Å². The molecular weight excluding hydrogens is 320 g/mol. The van der Waals surface area contributed by atoms with Gasteiger partial charge in [0, 0.05) is 59.5 Å². The van der Waals surface area contributed by atoms with Gasteiger partial charge in [-0.05, 0) is 12.1 Å². The minimum Gasteiger partial charge on any atom is -0.358 e. The van der Waals surface area contributed by atoms with Crippen molar-refractivity contribution in [3.8, 4) is 0 Å². The fourth-order valence-electron chi connectivity index (χ4n) is 3.24. The number of nitro groups is 1. The maximum Gasteiger partial charge on any atom is 0.322 e. The maximum atomic E-state index is 12.6. The number of urea groups is 1. The second-order valence-corrected chi connectivity index (χ2v) is 6.04. The van der Waals surface area contributed by atoms with Gasteiger partial charge in [-0.25, -0.2) is 4.79 Å². The van der Waals surface area contributed by atoms with Crippen LogP contribution in [0.15, 0.2) is 48.5 Å². The number of nitrogens with one attached hydrogen (secondary N) is 2. The summed E-state index contributed by atoms with van der Waals surface area (Å²) in [6.07, 6.45) is 0.756. The lowest BCUT2D eigenvalue weighted by Gasteiger charge is -2.27. The Morgan fingerprint density at radius 2 is 2.04 bits per heavy atom. The Morgan fingerprint density at radius 1 is 1.20 bits per heavy atom. The van der Waals surface area contributed by atoms with Gasteiger partial charge in [-0.3, -0.25) is 10.1 Å². The highest BCUT2D eigenvalue weighted by Gasteiger charge is 2.24. The van der Waals surface area contributed by atoms with Crippen LogP contribution in [-0.4, -0.2) is 27.4 Å². The number of fused-ring (bicyclic) bond motifs is 3. The number of hydrogen-bond acceptors (Lipinski definition) is 3. The topological polar surface area (TPSA) is 91.3 Å². The monoisotopic (exact) mass is 336 g/mol. The van der Waals surface area contributed by atoms with Gasteiger partial charge in [0.25, 0.3) is 5.69 Å². The number of amides is 2. The summed E-state index contributed by atoms with van der Waals surface area (Å²) < 4.78 is 0. The molecular formula is C18H16N4O3. The van der Waals surface area contributed by atoms with Gasteiger partial charge in [0.05, 0.1) is 4.92 Å². The second-order valence-electron chi connectivity index (χ2n) is 6.04. The minimum atomic E-state index is -0.477. The molecule has 0 radical (unpaired) electrons. The van der Waals surface area contributed by atoms with E-state index < -0.39 is 4.92 Å². The van der Waals surface area contributed by atoms with Gasteiger partial charge in [0.15, 0.2) is 0 Å². The van der Waals surface area contributed by atoms with E-state index in [4.69, 9.17) is 0 Å². The molecule has 2 N–H and O–H groups in total. The molecule has 0 saturated heterocycles. The van der Waals surface area contributed by atoms with E-state index >= 15 is 0 Å². The van der Waals surface area contributed by atoms with E-state index in [1.807, 2.05) is 24.3 Å². The molecule has 7 nitrogen and oxygen atoms in total. The Bertz CT molecular complexity index is 979. The highest BCUT2D eigenvalue weighted by Crippen LogP contribution is 2.28. The van der Waals surface area contributed by atoms with Crippen molar-refractivity contribution in [3.05, 3.63) is 69.9 Å². The molecule has 7 heteroatoms. The summed E-state index contributed by atoms with van der Waals surface area (Å²) in [5.74, 6) is 0. The zero-order valence-electron chi connectivity index (χ0n) is 13.4. The first-order valence-corrected chi connectivity index (χ1v) is 8.00. The molecule has 0 aliphatic carbocycles. The molecule has 0 spiro atoms. The molecule has 0 saturated carbocycles. The predicted octanol–water partition coefficient (Wildman–Crippen LogP) is 3.67. The number of benzene rings is 2. The lowest BCUT2D eigenvalue weighted by Crippen LogP contribution is -2.38. The number of rotatable bonds is 2. The van der Waals surface area contributed by atoms with Crippen molar-refractivity contribution >= 4 is 28.3 Å². The number of anilines is 1. The Hall–Kier alpha value is -3.35. The van der Waals surface area contributed by atoms with E-state index in [-0.39, 0.29) is 11.7 Å². The van der Waals surface area contributed by atoms with Crippen molar-refractivity contribution in [2.24, 2.45) is 0 Å². The van der Waals surface area contributed by atoms with E-state index in [2.05, 4.69) is 10.3 Å². The molecule has 0 bridgehead atoms. The smallest absolute Gasteiger partial charge is 0.322 e. The van der Waals surface area contributed by atoms with Crippen LogP contribution >= 0.6 is 0 Å². The molecule has 4 rings (SSSR count). The molecule has 126 valence electrons. The molecule has 1 aliphatic heterocycles. The van der Waals surface area contributed by atoms with Crippen molar-refractivity contribution in [1.82, 2.24) is 9.88 Å². The molecule has 1 aliphatic rings. The fraction of sp³-hybridized carbons (Fsp3) is 0.167. The molecule has 25 heavy (non-hydrogen) atoms. The van der Waals surface area contributed by atoms with Gasteiger partial charge in [-0.2, -0.15) is 0 Å². The van der Waals surface area contributed by atoms with Crippen LogP contribution in [0.5, 0.6) is 0 Å². The van der Waals surface area contributed by atoms with Crippen LogP contribution in [0.4, 0.5) is 16.2 Å². The minimum absolute atomic E-state index is 0.0460. The molecule has 2 aromatic carbocycles. The number of aromatic amines is 1.